The summed E-state index contributed by atoms with van der Waals surface area (Å²) in [6.45, 7) is 9.74. The summed E-state index contributed by atoms with van der Waals surface area (Å²) in [7, 11) is 1.72. The lowest BCUT2D eigenvalue weighted by Gasteiger charge is -2.13. The minimum atomic E-state index is 0.528. The first-order valence-electron chi connectivity index (χ1n) is 6.51. The zero-order valence-electron chi connectivity index (χ0n) is 11.8. The zero-order chi connectivity index (χ0) is 13.5. The topological polar surface area (TPSA) is 39.1 Å². The van der Waals surface area contributed by atoms with Crippen LogP contribution in [0.15, 0.2) is 0 Å². The van der Waals surface area contributed by atoms with Gasteiger partial charge < -0.3 is 10.1 Å². The summed E-state index contributed by atoms with van der Waals surface area (Å²) in [6, 6.07) is 0. The molecule has 0 radical (unpaired) electrons. The maximum Gasteiger partial charge on any atom is 0.0847 e. The molecule has 1 aromatic rings. The number of nitrogens with zero attached hydrogens (tertiary/aromatic N) is 2. The minimum absolute atomic E-state index is 0.528. The molecule has 0 aromatic carbocycles. The Morgan fingerprint density at radius 1 is 1.50 bits per heavy atom. The van der Waals surface area contributed by atoms with Crippen LogP contribution < -0.4 is 5.32 Å². The van der Waals surface area contributed by atoms with Crippen LogP contribution in [-0.4, -0.2) is 36.6 Å². The molecule has 1 rings (SSSR count). The predicted octanol–water partition coefficient (Wildman–Crippen LogP) is 2.28. The lowest BCUT2D eigenvalue weighted by molar-refractivity contribution is 0.198. The van der Waals surface area contributed by atoms with E-state index in [2.05, 4.69) is 24.3 Å². The van der Waals surface area contributed by atoms with Crippen molar-refractivity contribution in [3.05, 3.63) is 16.4 Å². The molecule has 4 nitrogen and oxygen atoms in total. The predicted molar refractivity (Wildman–Crippen MR) is 75.3 cm³/mol. The van der Waals surface area contributed by atoms with Crippen LogP contribution in [0.5, 0.6) is 0 Å². The Morgan fingerprint density at radius 2 is 2.22 bits per heavy atom. The highest BCUT2D eigenvalue weighted by Gasteiger charge is 2.15. The average Bonchev–Trinajstić information content (AvgIpc) is 2.62. The van der Waals surface area contributed by atoms with Gasteiger partial charge in [0.25, 0.3) is 0 Å². The summed E-state index contributed by atoms with van der Waals surface area (Å²) in [4.78, 5) is 0. The summed E-state index contributed by atoms with van der Waals surface area (Å²) in [6.07, 6.45) is 0.952. The lowest BCUT2D eigenvalue weighted by atomic mass is 10.1. The first kappa shape index (κ1) is 15.5. The highest BCUT2D eigenvalue weighted by atomic mass is 35.5. The monoisotopic (exact) mass is 273 g/mol. The van der Waals surface area contributed by atoms with Gasteiger partial charge in [-0.15, -0.1) is 0 Å². The smallest absolute Gasteiger partial charge is 0.0847 e. The van der Waals surface area contributed by atoms with Crippen molar-refractivity contribution in [2.24, 2.45) is 5.92 Å². The second-order valence-corrected chi connectivity index (χ2v) is 5.05. The molecule has 0 amide bonds. The van der Waals surface area contributed by atoms with Crippen LogP contribution in [-0.2, 0) is 17.7 Å². The Morgan fingerprint density at radius 3 is 2.83 bits per heavy atom. The largest absolute Gasteiger partial charge is 0.383 e. The quantitative estimate of drug-likeness (QED) is 0.739. The second kappa shape index (κ2) is 7.77. The van der Waals surface area contributed by atoms with E-state index in [9.17, 15) is 0 Å². The third-order valence-electron chi connectivity index (χ3n) is 2.97. The molecule has 0 aliphatic heterocycles. The molecule has 1 atom stereocenters. The van der Waals surface area contributed by atoms with Crippen LogP contribution in [0.4, 0.5) is 0 Å². The molecular formula is C13H24ClN3O. The van der Waals surface area contributed by atoms with Crippen LogP contribution >= 0.6 is 11.6 Å². The van der Waals surface area contributed by atoms with Crippen LogP contribution in [0.1, 0.15) is 25.2 Å². The maximum absolute atomic E-state index is 6.30. The van der Waals surface area contributed by atoms with Crippen LogP contribution in [0.3, 0.4) is 0 Å². The molecule has 0 fully saturated rings. The third kappa shape index (κ3) is 4.26. The van der Waals surface area contributed by atoms with Gasteiger partial charge in [0, 0.05) is 20.2 Å². The zero-order valence-corrected chi connectivity index (χ0v) is 12.5. The standard InChI is InChI=1S/C13H24ClN3O/c1-5-17-12(13(14)11(3)16-17)8-10(2)9-15-6-7-18-4/h10,15H,5-9H2,1-4H3. The number of halogens is 1. The van der Waals surface area contributed by atoms with E-state index in [0.717, 1.165) is 49.1 Å². The molecule has 0 spiro atoms. The van der Waals surface area contributed by atoms with Gasteiger partial charge in [-0.3, -0.25) is 4.68 Å². The number of methoxy groups -OCH3 is 1. The maximum atomic E-state index is 6.30. The Hall–Kier alpha value is -0.580. The minimum Gasteiger partial charge on any atom is -0.383 e. The molecule has 18 heavy (non-hydrogen) atoms. The summed E-state index contributed by atoms with van der Waals surface area (Å²) < 4.78 is 7.01. The van der Waals surface area contributed by atoms with Gasteiger partial charge >= 0.3 is 0 Å². The van der Waals surface area contributed by atoms with E-state index in [1.807, 2.05) is 11.6 Å². The molecule has 1 aromatic heterocycles. The van der Waals surface area contributed by atoms with Crippen molar-refractivity contribution in [1.29, 1.82) is 0 Å². The van der Waals surface area contributed by atoms with Crippen LogP contribution in [0.2, 0.25) is 5.02 Å². The van der Waals surface area contributed by atoms with Gasteiger partial charge in [-0.05, 0) is 32.7 Å². The SMILES string of the molecule is CCn1nc(C)c(Cl)c1CC(C)CNCCOC. The first-order chi connectivity index (χ1) is 8.60. The second-order valence-electron chi connectivity index (χ2n) is 4.67. The van der Waals surface area contributed by atoms with E-state index in [1.54, 1.807) is 7.11 Å². The van der Waals surface area contributed by atoms with Crippen molar-refractivity contribution < 1.29 is 4.74 Å². The van der Waals surface area contributed by atoms with Crippen LogP contribution in [0, 0.1) is 12.8 Å². The van der Waals surface area contributed by atoms with E-state index in [0.29, 0.717) is 5.92 Å². The van der Waals surface area contributed by atoms with E-state index in [1.165, 1.54) is 0 Å². The van der Waals surface area contributed by atoms with E-state index < -0.39 is 0 Å². The third-order valence-corrected chi connectivity index (χ3v) is 3.46. The molecule has 1 N–H and O–H groups in total. The van der Waals surface area contributed by atoms with Gasteiger partial charge in [0.05, 0.1) is 23.0 Å². The molecule has 0 saturated carbocycles. The molecular weight excluding hydrogens is 250 g/mol. The average molecular weight is 274 g/mol. The summed E-state index contributed by atoms with van der Waals surface area (Å²) in [5.74, 6) is 0.528. The number of hydrogen-bond acceptors (Lipinski definition) is 3. The molecule has 1 unspecified atom stereocenters. The molecule has 0 saturated heterocycles. The molecule has 5 heteroatoms. The highest BCUT2D eigenvalue weighted by molar-refractivity contribution is 6.31. The van der Waals surface area contributed by atoms with E-state index >= 15 is 0 Å². The summed E-state index contributed by atoms with van der Waals surface area (Å²) in [5.41, 5.74) is 2.07. The van der Waals surface area contributed by atoms with E-state index in [4.69, 9.17) is 16.3 Å². The van der Waals surface area contributed by atoms with Crippen molar-refractivity contribution in [3.63, 3.8) is 0 Å². The lowest BCUT2D eigenvalue weighted by Crippen LogP contribution is -2.26. The number of nitrogens with one attached hydrogen (secondary N) is 1. The fourth-order valence-corrected chi connectivity index (χ4v) is 2.20. The fraction of sp³-hybridized carbons (Fsp3) is 0.769. The highest BCUT2D eigenvalue weighted by Crippen LogP contribution is 2.22. The van der Waals surface area contributed by atoms with Gasteiger partial charge in [-0.25, -0.2) is 0 Å². The Kier molecular flexibility index (Phi) is 6.68. The molecule has 0 aliphatic rings. The van der Waals surface area contributed by atoms with Crippen molar-refractivity contribution >= 4 is 11.6 Å². The molecule has 104 valence electrons. The number of ether oxygens (including phenoxy) is 1. The number of aryl methyl sites for hydroxylation is 2. The van der Waals surface area contributed by atoms with Crippen molar-refractivity contribution in [3.8, 4) is 0 Å². The van der Waals surface area contributed by atoms with Gasteiger partial charge in [0.15, 0.2) is 0 Å². The van der Waals surface area contributed by atoms with Crippen molar-refractivity contribution in [2.45, 2.75) is 33.7 Å². The normalized spacial score (nSPS) is 12.9. The van der Waals surface area contributed by atoms with Crippen molar-refractivity contribution in [2.75, 3.05) is 26.8 Å². The Labute approximate surface area is 115 Å². The Bertz CT molecular complexity index is 365. The molecule has 1 heterocycles. The van der Waals surface area contributed by atoms with Gasteiger partial charge in [0.2, 0.25) is 0 Å². The molecule has 0 aliphatic carbocycles. The van der Waals surface area contributed by atoms with Gasteiger partial charge in [-0.1, -0.05) is 18.5 Å². The van der Waals surface area contributed by atoms with Crippen molar-refractivity contribution in [1.82, 2.24) is 15.1 Å². The number of hydrogen-bond donors (Lipinski definition) is 1. The Balaban J connectivity index is 2.50. The summed E-state index contributed by atoms with van der Waals surface area (Å²) >= 11 is 6.30. The summed E-state index contributed by atoms with van der Waals surface area (Å²) in [5, 5.41) is 8.63. The van der Waals surface area contributed by atoms with Crippen LogP contribution in [0.25, 0.3) is 0 Å². The number of aromatic nitrogens is 2. The van der Waals surface area contributed by atoms with E-state index in [-0.39, 0.29) is 0 Å². The fourth-order valence-electron chi connectivity index (χ4n) is 1.99. The first-order valence-corrected chi connectivity index (χ1v) is 6.89. The number of rotatable bonds is 8. The molecule has 0 bridgehead atoms. The van der Waals surface area contributed by atoms with Gasteiger partial charge in [-0.2, -0.15) is 5.10 Å². The van der Waals surface area contributed by atoms with Gasteiger partial charge in [0.1, 0.15) is 0 Å².